The number of amides is 1. The Morgan fingerprint density at radius 2 is 2.00 bits per heavy atom. The molecule has 0 saturated carbocycles. The molecule has 0 radical (unpaired) electrons. The van der Waals surface area contributed by atoms with E-state index in [2.05, 4.69) is 5.32 Å². The molecular weight excluding hydrogens is 314 g/mol. The standard InChI is InChI=1S/C14H10F2N2O3S/c15-9-4-5-13(12(16)6-9)22-8-14(19)17-10-2-1-3-11(7-10)18(20)21/h1-7H,8H2,(H,17,19). The largest absolute Gasteiger partial charge is 0.325 e. The Labute approximate surface area is 128 Å². The van der Waals surface area contributed by atoms with Crippen molar-refractivity contribution in [3.63, 3.8) is 0 Å². The van der Waals surface area contributed by atoms with Gasteiger partial charge in [-0.3, -0.25) is 14.9 Å². The first-order valence-corrected chi connectivity index (χ1v) is 7.06. The Balaban J connectivity index is 1.95. The van der Waals surface area contributed by atoms with Gasteiger partial charge < -0.3 is 5.32 Å². The summed E-state index contributed by atoms with van der Waals surface area (Å²) in [4.78, 5) is 22.0. The lowest BCUT2D eigenvalue weighted by molar-refractivity contribution is -0.384. The maximum absolute atomic E-state index is 13.4. The molecule has 0 aliphatic carbocycles. The summed E-state index contributed by atoms with van der Waals surface area (Å²) >= 11 is 0.906. The average molecular weight is 324 g/mol. The number of nitrogens with one attached hydrogen (secondary N) is 1. The zero-order valence-corrected chi connectivity index (χ0v) is 11.9. The molecule has 1 N–H and O–H groups in total. The molecule has 0 fully saturated rings. The Bertz CT molecular complexity index is 725. The molecule has 0 heterocycles. The zero-order chi connectivity index (χ0) is 16.1. The number of nitro groups is 1. The van der Waals surface area contributed by atoms with Crippen LogP contribution in [-0.2, 0) is 4.79 Å². The minimum Gasteiger partial charge on any atom is -0.325 e. The topological polar surface area (TPSA) is 72.2 Å². The van der Waals surface area contributed by atoms with Gasteiger partial charge in [0.25, 0.3) is 5.69 Å². The summed E-state index contributed by atoms with van der Waals surface area (Å²) in [5.74, 6) is -1.99. The van der Waals surface area contributed by atoms with Gasteiger partial charge in [-0.05, 0) is 18.2 Å². The van der Waals surface area contributed by atoms with Crippen molar-refractivity contribution in [1.82, 2.24) is 0 Å². The SMILES string of the molecule is O=C(CSc1ccc(F)cc1F)Nc1cccc([N+](=O)[O-])c1. The highest BCUT2D eigenvalue weighted by Crippen LogP contribution is 2.23. The highest BCUT2D eigenvalue weighted by atomic mass is 32.2. The number of benzene rings is 2. The highest BCUT2D eigenvalue weighted by molar-refractivity contribution is 8.00. The van der Waals surface area contributed by atoms with Crippen molar-refractivity contribution < 1.29 is 18.5 Å². The normalized spacial score (nSPS) is 10.3. The lowest BCUT2D eigenvalue weighted by Gasteiger charge is -2.06. The van der Waals surface area contributed by atoms with Crippen molar-refractivity contribution in [3.8, 4) is 0 Å². The first-order valence-electron chi connectivity index (χ1n) is 6.08. The molecule has 0 spiro atoms. The van der Waals surface area contributed by atoms with Crippen LogP contribution in [0, 0.1) is 21.7 Å². The predicted octanol–water partition coefficient (Wildman–Crippen LogP) is 3.60. The molecule has 5 nitrogen and oxygen atoms in total. The van der Waals surface area contributed by atoms with Crippen LogP contribution in [0.4, 0.5) is 20.2 Å². The zero-order valence-electron chi connectivity index (χ0n) is 11.1. The van der Waals surface area contributed by atoms with E-state index < -0.39 is 22.5 Å². The van der Waals surface area contributed by atoms with E-state index in [1.165, 1.54) is 30.3 Å². The molecule has 2 rings (SSSR count). The van der Waals surface area contributed by atoms with Gasteiger partial charge in [-0.25, -0.2) is 8.78 Å². The number of non-ortho nitro benzene ring substituents is 1. The number of anilines is 1. The molecule has 114 valence electrons. The van der Waals surface area contributed by atoms with Crippen molar-refractivity contribution in [1.29, 1.82) is 0 Å². The first kappa shape index (κ1) is 15.9. The van der Waals surface area contributed by atoms with E-state index in [4.69, 9.17) is 0 Å². The van der Waals surface area contributed by atoms with E-state index >= 15 is 0 Å². The summed E-state index contributed by atoms with van der Waals surface area (Å²) in [7, 11) is 0. The third-order valence-corrected chi connectivity index (χ3v) is 3.64. The second-order valence-electron chi connectivity index (χ2n) is 4.22. The number of halogens is 2. The minimum atomic E-state index is -0.742. The fourth-order valence-electron chi connectivity index (χ4n) is 1.63. The van der Waals surface area contributed by atoms with Crippen LogP contribution in [0.3, 0.4) is 0 Å². The molecule has 1 amide bonds. The monoisotopic (exact) mass is 324 g/mol. The maximum Gasteiger partial charge on any atom is 0.271 e. The maximum atomic E-state index is 13.4. The summed E-state index contributed by atoms with van der Waals surface area (Å²) in [6.45, 7) is 0. The van der Waals surface area contributed by atoms with Gasteiger partial charge in [-0.15, -0.1) is 11.8 Å². The van der Waals surface area contributed by atoms with Gasteiger partial charge in [0, 0.05) is 28.8 Å². The van der Waals surface area contributed by atoms with E-state index in [0.717, 1.165) is 23.9 Å². The molecule has 8 heteroatoms. The summed E-state index contributed by atoms with van der Waals surface area (Å²) in [6, 6.07) is 8.56. The molecule has 0 aromatic heterocycles. The summed E-state index contributed by atoms with van der Waals surface area (Å²) in [5, 5.41) is 13.1. The Kier molecular flexibility index (Phi) is 5.05. The molecule has 0 aliphatic rings. The summed E-state index contributed by atoms with van der Waals surface area (Å²) in [5.41, 5.74) is 0.134. The highest BCUT2D eigenvalue weighted by Gasteiger charge is 2.10. The molecular formula is C14H10F2N2O3S. The van der Waals surface area contributed by atoms with E-state index in [1.807, 2.05) is 0 Å². The number of nitro benzene ring substituents is 1. The van der Waals surface area contributed by atoms with Crippen molar-refractivity contribution in [3.05, 3.63) is 64.2 Å². The third-order valence-electron chi connectivity index (χ3n) is 2.59. The molecule has 2 aromatic rings. The van der Waals surface area contributed by atoms with Crippen molar-refractivity contribution in [2.24, 2.45) is 0 Å². The fraction of sp³-hybridized carbons (Fsp3) is 0.0714. The van der Waals surface area contributed by atoms with Crippen molar-refractivity contribution in [2.45, 2.75) is 4.90 Å². The van der Waals surface area contributed by atoms with Gasteiger partial charge in [-0.2, -0.15) is 0 Å². The van der Waals surface area contributed by atoms with Crippen LogP contribution >= 0.6 is 11.8 Å². The molecule has 0 aliphatic heterocycles. The Morgan fingerprint density at radius 1 is 1.23 bits per heavy atom. The quantitative estimate of drug-likeness (QED) is 0.518. The lowest BCUT2D eigenvalue weighted by Crippen LogP contribution is -2.14. The van der Waals surface area contributed by atoms with Crippen LogP contribution in [0.5, 0.6) is 0 Å². The van der Waals surface area contributed by atoms with Gasteiger partial charge in [0.05, 0.1) is 10.7 Å². The van der Waals surface area contributed by atoms with Gasteiger partial charge in [0.15, 0.2) is 0 Å². The van der Waals surface area contributed by atoms with Crippen LogP contribution in [0.15, 0.2) is 47.4 Å². The second-order valence-corrected chi connectivity index (χ2v) is 5.24. The van der Waals surface area contributed by atoms with Crippen LogP contribution in [0.25, 0.3) is 0 Å². The number of carbonyl (C=O) groups excluding carboxylic acids is 1. The van der Waals surface area contributed by atoms with Gasteiger partial charge in [0.1, 0.15) is 11.6 Å². The Morgan fingerprint density at radius 3 is 2.68 bits per heavy atom. The van der Waals surface area contributed by atoms with Crippen molar-refractivity contribution >= 4 is 29.0 Å². The molecule has 0 bridgehead atoms. The lowest BCUT2D eigenvalue weighted by atomic mass is 10.3. The summed E-state index contributed by atoms with van der Waals surface area (Å²) in [6.07, 6.45) is 0. The predicted molar refractivity (Wildman–Crippen MR) is 78.8 cm³/mol. The smallest absolute Gasteiger partial charge is 0.271 e. The molecule has 2 aromatic carbocycles. The van der Waals surface area contributed by atoms with Crippen LogP contribution < -0.4 is 5.32 Å². The average Bonchev–Trinajstić information content (AvgIpc) is 2.46. The van der Waals surface area contributed by atoms with E-state index in [9.17, 15) is 23.7 Å². The van der Waals surface area contributed by atoms with Gasteiger partial charge >= 0.3 is 0 Å². The fourth-order valence-corrected chi connectivity index (χ4v) is 2.35. The molecule has 0 unspecified atom stereocenters. The summed E-state index contributed by atoms with van der Waals surface area (Å²) < 4.78 is 26.2. The van der Waals surface area contributed by atoms with Gasteiger partial charge in [-0.1, -0.05) is 6.07 Å². The number of nitrogens with zero attached hydrogens (tertiary/aromatic N) is 1. The van der Waals surface area contributed by atoms with Crippen LogP contribution in [-0.4, -0.2) is 16.6 Å². The first-order chi connectivity index (χ1) is 10.5. The number of carbonyl (C=O) groups is 1. The van der Waals surface area contributed by atoms with Gasteiger partial charge in [0.2, 0.25) is 5.91 Å². The van der Waals surface area contributed by atoms with E-state index in [1.54, 1.807) is 0 Å². The van der Waals surface area contributed by atoms with Crippen molar-refractivity contribution in [2.75, 3.05) is 11.1 Å². The van der Waals surface area contributed by atoms with Crippen LogP contribution in [0.2, 0.25) is 0 Å². The Hall–Kier alpha value is -2.48. The molecule has 0 atom stereocenters. The van der Waals surface area contributed by atoms with Crippen LogP contribution in [0.1, 0.15) is 0 Å². The molecule has 0 saturated heterocycles. The van der Waals surface area contributed by atoms with E-state index in [-0.39, 0.29) is 22.0 Å². The number of rotatable bonds is 5. The minimum absolute atomic E-state index is 0.106. The number of hydrogen-bond donors (Lipinski definition) is 1. The molecule has 22 heavy (non-hydrogen) atoms. The second kappa shape index (κ2) is 6.99. The number of hydrogen-bond acceptors (Lipinski definition) is 4. The third kappa shape index (κ3) is 4.26. The number of thioether (sulfide) groups is 1. The van der Waals surface area contributed by atoms with E-state index in [0.29, 0.717) is 0 Å².